The highest BCUT2D eigenvalue weighted by Gasteiger charge is 2.17. The summed E-state index contributed by atoms with van der Waals surface area (Å²) in [5.41, 5.74) is 8.07. The third-order valence-corrected chi connectivity index (χ3v) is 11.5. The van der Waals surface area contributed by atoms with Crippen LogP contribution in [-0.2, 0) is 20.0 Å². The van der Waals surface area contributed by atoms with Crippen molar-refractivity contribution in [1.82, 2.24) is 0 Å². The fourth-order valence-electron chi connectivity index (χ4n) is 5.60. The number of nitrogens with one attached hydrogen (secondary N) is 4. The van der Waals surface area contributed by atoms with Crippen molar-refractivity contribution in [2.75, 3.05) is 20.1 Å². The minimum atomic E-state index is -3.77. The maximum Gasteiger partial charge on any atom is 0.261 e. The number of benzene rings is 6. The molecule has 54 heavy (non-hydrogen) atoms. The fourth-order valence-corrected chi connectivity index (χ4v) is 7.72. The second-order valence-electron chi connectivity index (χ2n) is 13.0. The number of carbonyl (C=O) groups is 2. The van der Waals surface area contributed by atoms with Gasteiger partial charge in [-0.25, -0.2) is 16.8 Å². The highest BCUT2D eigenvalue weighted by molar-refractivity contribution is 7.93. The molecule has 10 nitrogen and oxygen atoms in total. The molecule has 0 heterocycles. The number of rotatable bonds is 11. The predicted octanol–water partition coefficient (Wildman–Crippen LogP) is 8.69. The van der Waals surface area contributed by atoms with Crippen LogP contribution in [-0.4, -0.2) is 28.6 Å². The first-order chi connectivity index (χ1) is 25.7. The summed E-state index contributed by atoms with van der Waals surface area (Å²) >= 11 is 0. The third-order valence-electron chi connectivity index (χ3n) is 8.74. The van der Waals surface area contributed by atoms with Crippen LogP contribution in [0.2, 0.25) is 0 Å². The lowest BCUT2D eigenvalue weighted by atomic mass is 9.99. The van der Waals surface area contributed by atoms with Gasteiger partial charge >= 0.3 is 0 Å². The Morgan fingerprint density at radius 2 is 0.759 bits per heavy atom. The number of carbonyl (C=O) groups excluding carboxylic acids is 2. The summed E-state index contributed by atoms with van der Waals surface area (Å²) in [5, 5.41) is 5.85. The van der Waals surface area contributed by atoms with Crippen LogP contribution in [0.1, 0.15) is 43.0 Å². The second-order valence-corrected chi connectivity index (χ2v) is 16.3. The van der Waals surface area contributed by atoms with Gasteiger partial charge in [-0.05, 0) is 147 Å². The highest BCUT2D eigenvalue weighted by atomic mass is 32.2. The summed E-state index contributed by atoms with van der Waals surface area (Å²) in [6, 6.07) is 36.8. The normalized spacial score (nSPS) is 11.4. The maximum atomic E-state index is 13.1. The number of amides is 2. The summed E-state index contributed by atoms with van der Waals surface area (Å²) in [6.07, 6.45) is 0. The summed E-state index contributed by atoms with van der Waals surface area (Å²) in [5.74, 6) is -0.680. The molecule has 0 spiro atoms. The minimum Gasteiger partial charge on any atom is -0.322 e. The topological polar surface area (TPSA) is 151 Å². The van der Waals surface area contributed by atoms with Crippen LogP contribution in [0.5, 0.6) is 0 Å². The molecular formula is C42H38N4O6S2. The van der Waals surface area contributed by atoms with E-state index in [0.29, 0.717) is 33.9 Å². The Morgan fingerprint density at radius 3 is 1.07 bits per heavy atom. The van der Waals surface area contributed by atoms with Crippen LogP contribution in [0.15, 0.2) is 143 Å². The lowest BCUT2D eigenvalue weighted by Crippen LogP contribution is -2.14. The van der Waals surface area contributed by atoms with E-state index < -0.39 is 20.0 Å². The lowest BCUT2D eigenvalue weighted by molar-refractivity contribution is 0.101. The largest absolute Gasteiger partial charge is 0.322 e. The molecule has 4 N–H and O–H groups in total. The van der Waals surface area contributed by atoms with Crippen molar-refractivity contribution in [3.8, 4) is 11.1 Å². The third kappa shape index (κ3) is 8.85. The van der Waals surface area contributed by atoms with Gasteiger partial charge in [0.2, 0.25) is 0 Å². The van der Waals surface area contributed by atoms with Crippen molar-refractivity contribution in [3.05, 3.63) is 167 Å². The van der Waals surface area contributed by atoms with E-state index in [2.05, 4.69) is 20.1 Å². The van der Waals surface area contributed by atoms with Crippen LogP contribution in [0, 0.1) is 27.7 Å². The number of anilines is 4. The van der Waals surface area contributed by atoms with E-state index >= 15 is 0 Å². The number of hydrogen-bond donors (Lipinski definition) is 4. The molecular weight excluding hydrogens is 721 g/mol. The summed E-state index contributed by atoms with van der Waals surface area (Å²) in [6.45, 7) is 7.54. The monoisotopic (exact) mass is 758 g/mol. The standard InChI is InChI=1S/C42H38N4O6S2/c1-27-5-19-37(20-6-27)53(49,50)45-35-15-9-31(10-16-35)41(47)43-39-23-13-33(25-29(39)3)34-14-24-40(30(4)26-34)44-42(48)32-11-17-36(18-12-32)46-54(51,52)38-21-7-28(2)8-22-38/h5-26,45-46H,1-4H3,(H,43,47)(H,44,48). The van der Waals surface area contributed by atoms with Gasteiger partial charge in [0.05, 0.1) is 9.79 Å². The van der Waals surface area contributed by atoms with Gasteiger partial charge in [0.25, 0.3) is 31.9 Å². The number of aryl methyl sites for hydroxylation is 4. The molecule has 0 fully saturated rings. The Labute approximate surface area is 315 Å². The van der Waals surface area contributed by atoms with Crippen molar-refractivity contribution >= 4 is 54.6 Å². The Bertz CT molecular complexity index is 2390. The molecule has 0 aliphatic rings. The van der Waals surface area contributed by atoms with Crippen molar-refractivity contribution < 1.29 is 26.4 Å². The zero-order chi connectivity index (χ0) is 38.6. The SMILES string of the molecule is Cc1ccc(S(=O)(=O)Nc2ccc(C(=O)Nc3ccc(-c4ccc(NC(=O)c5ccc(NS(=O)(=O)c6ccc(C)cc6)cc5)c(C)c4)cc3C)cc2)cc1. The zero-order valence-electron chi connectivity index (χ0n) is 30.0. The van der Waals surface area contributed by atoms with Crippen LogP contribution in [0.3, 0.4) is 0 Å². The van der Waals surface area contributed by atoms with Gasteiger partial charge in [-0.2, -0.15) is 0 Å². The smallest absolute Gasteiger partial charge is 0.261 e. The van der Waals surface area contributed by atoms with Crippen LogP contribution in [0.25, 0.3) is 11.1 Å². The molecule has 0 radical (unpaired) electrons. The molecule has 0 atom stereocenters. The Balaban J connectivity index is 1.06. The van der Waals surface area contributed by atoms with Gasteiger partial charge in [0.1, 0.15) is 0 Å². The highest BCUT2D eigenvalue weighted by Crippen LogP contribution is 2.29. The van der Waals surface area contributed by atoms with Gasteiger partial charge in [-0.3, -0.25) is 19.0 Å². The molecule has 0 bridgehead atoms. The molecule has 6 rings (SSSR count). The van der Waals surface area contributed by atoms with E-state index in [1.54, 1.807) is 72.8 Å². The van der Waals surface area contributed by atoms with E-state index in [1.165, 1.54) is 24.3 Å². The van der Waals surface area contributed by atoms with Crippen molar-refractivity contribution in [2.45, 2.75) is 37.5 Å². The first kappa shape index (κ1) is 37.5. The zero-order valence-corrected chi connectivity index (χ0v) is 31.6. The molecule has 12 heteroatoms. The lowest BCUT2D eigenvalue weighted by Gasteiger charge is -2.14. The first-order valence-corrected chi connectivity index (χ1v) is 19.9. The number of sulfonamides is 2. The second kappa shape index (κ2) is 15.4. The van der Waals surface area contributed by atoms with Crippen molar-refractivity contribution in [3.63, 3.8) is 0 Å². The Kier molecular flexibility index (Phi) is 10.7. The minimum absolute atomic E-state index is 0.149. The molecule has 6 aromatic rings. The molecule has 274 valence electrons. The number of hydrogen-bond acceptors (Lipinski definition) is 6. The van der Waals surface area contributed by atoms with Gasteiger partial charge in [-0.15, -0.1) is 0 Å². The average molecular weight is 759 g/mol. The van der Waals surface area contributed by atoms with Crippen LogP contribution < -0.4 is 20.1 Å². The fraction of sp³-hybridized carbons (Fsp3) is 0.0952. The van der Waals surface area contributed by atoms with Crippen LogP contribution in [0.4, 0.5) is 22.7 Å². The summed E-state index contributed by atoms with van der Waals surface area (Å²) < 4.78 is 56.0. The maximum absolute atomic E-state index is 13.1. The van der Waals surface area contributed by atoms with Gasteiger partial charge < -0.3 is 10.6 Å². The molecule has 0 saturated carbocycles. The van der Waals surface area contributed by atoms with Crippen molar-refractivity contribution in [2.24, 2.45) is 0 Å². The van der Waals surface area contributed by atoms with E-state index in [9.17, 15) is 26.4 Å². The van der Waals surface area contributed by atoms with E-state index in [1.807, 2.05) is 64.1 Å². The first-order valence-electron chi connectivity index (χ1n) is 16.9. The molecule has 0 aliphatic carbocycles. The van der Waals surface area contributed by atoms with E-state index in [4.69, 9.17) is 0 Å². The average Bonchev–Trinajstić information content (AvgIpc) is 3.14. The molecule has 0 saturated heterocycles. The van der Waals surface area contributed by atoms with Gasteiger partial charge in [0, 0.05) is 33.9 Å². The quantitative estimate of drug-likeness (QED) is 0.104. The predicted molar refractivity (Wildman–Crippen MR) is 214 cm³/mol. The molecule has 0 aliphatic heterocycles. The van der Waals surface area contributed by atoms with E-state index in [0.717, 1.165) is 33.4 Å². The Morgan fingerprint density at radius 1 is 0.426 bits per heavy atom. The van der Waals surface area contributed by atoms with Gasteiger partial charge in [-0.1, -0.05) is 47.5 Å². The molecule has 0 unspecified atom stereocenters. The summed E-state index contributed by atoms with van der Waals surface area (Å²) in [7, 11) is -7.53. The molecule has 2 amide bonds. The molecule has 0 aromatic heterocycles. The summed E-state index contributed by atoms with van der Waals surface area (Å²) in [4.78, 5) is 26.4. The molecule has 6 aromatic carbocycles. The van der Waals surface area contributed by atoms with E-state index in [-0.39, 0.29) is 21.6 Å². The Hall–Kier alpha value is -6.24. The van der Waals surface area contributed by atoms with Gasteiger partial charge in [0.15, 0.2) is 0 Å². The van der Waals surface area contributed by atoms with Crippen molar-refractivity contribution in [1.29, 1.82) is 0 Å². The van der Waals surface area contributed by atoms with Crippen LogP contribution >= 0.6 is 0 Å².